The van der Waals surface area contributed by atoms with E-state index in [-0.39, 0.29) is 0 Å². The highest BCUT2D eigenvalue weighted by Gasteiger charge is 2.28. The standard InChI is InChI=1S/C24H27N7S/c1-2-31-15-17(13-27-31)16-7-11-30(12-8-16)23-21-18-5-3-4-6-20(18)32-24(21)29-22(28-23)19-14-25-9-10-26-19/h9-10,13-16H,2-8,11-12H2,1H3. The smallest absolute Gasteiger partial charge is 0.183 e. The fourth-order valence-electron chi connectivity index (χ4n) is 5.08. The van der Waals surface area contributed by atoms with Crippen LogP contribution < -0.4 is 4.90 Å². The molecule has 5 heterocycles. The summed E-state index contributed by atoms with van der Waals surface area (Å²) in [5, 5.41) is 5.77. The van der Waals surface area contributed by atoms with E-state index in [0.29, 0.717) is 11.7 Å². The van der Waals surface area contributed by atoms with Crippen molar-refractivity contribution in [3.8, 4) is 11.5 Å². The molecule has 4 aromatic rings. The quantitative estimate of drug-likeness (QED) is 0.456. The maximum Gasteiger partial charge on any atom is 0.183 e. The number of thiophene rings is 1. The van der Waals surface area contributed by atoms with Gasteiger partial charge in [0.25, 0.3) is 0 Å². The van der Waals surface area contributed by atoms with Crippen LogP contribution in [0.3, 0.4) is 0 Å². The number of piperidine rings is 1. The zero-order valence-electron chi connectivity index (χ0n) is 18.4. The van der Waals surface area contributed by atoms with E-state index in [9.17, 15) is 0 Å². The molecule has 8 heteroatoms. The van der Waals surface area contributed by atoms with Gasteiger partial charge in [-0.2, -0.15) is 5.10 Å². The van der Waals surface area contributed by atoms with E-state index >= 15 is 0 Å². The minimum absolute atomic E-state index is 0.569. The summed E-state index contributed by atoms with van der Waals surface area (Å²) in [5.41, 5.74) is 3.60. The van der Waals surface area contributed by atoms with Crippen LogP contribution in [0.15, 0.2) is 31.0 Å². The van der Waals surface area contributed by atoms with Crippen LogP contribution in [0.2, 0.25) is 0 Å². The van der Waals surface area contributed by atoms with Gasteiger partial charge in [0, 0.05) is 43.1 Å². The Morgan fingerprint density at radius 2 is 1.94 bits per heavy atom. The summed E-state index contributed by atoms with van der Waals surface area (Å²) in [6, 6.07) is 0. The number of fused-ring (bicyclic) bond motifs is 3. The first kappa shape index (κ1) is 19.8. The third-order valence-corrected chi connectivity index (χ3v) is 8.02. The summed E-state index contributed by atoms with van der Waals surface area (Å²) < 4.78 is 2.03. The van der Waals surface area contributed by atoms with Gasteiger partial charge in [0.2, 0.25) is 0 Å². The minimum atomic E-state index is 0.569. The zero-order chi connectivity index (χ0) is 21.5. The molecular weight excluding hydrogens is 418 g/mol. The van der Waals surface area contributed by atoms with Crippen molar-refractivity contribution in [1.82, 2.24) is 29.7 Å². The third-order valence-electron chi connectivity index (χ3n) is 6.83. The van der Waals surface area contributed by atoms with Crippen LogP contribution in [0.25, 0.3) is 21.7 Å². The van der Waals surface area contributed by atoms with E-state index in [1.54, 1.807) is 18.6 Å². The molecule has 1 aliphatic heterocycles. The van der Waals surface area contributed by atoms with Crippen molar-refractivity contribution in [3.63, 3.8) is 0 Å². The van der Waals surface area contributed by atoms with Crippen molar-refractivity contribution in [2.24, 2.45) is 0 Å². The average molecular weight is 446 g/mol. The first-order chi connectivity index (χ1) is 15.8. The molecule has 0 bridgehead atoms. The molecule has 0 amide bonds. The van der Waals surface area contributed by atoms with Gasteiger partial charge in [-0.15, -0.1) is 11.3 Å². The highest BCUT2D eigenvalue weighted by molar-refractivity contribution is 7.19. The van der Waals surface area contributed by atoms with E-state index in [4.69, 9.17) is 9.97 Å². The Morgan fingerprint density at radius 1 is 1.06 bits per heavy atom. The molecule has 0 saturated carbocycles. The van der Waals surface area contributed by atoms with Gasteiger partial charge in [0.1, 0.15) is 16.3 Å². The molecule has 0 atom stereocenters. The molecular formula is C24H27N7S. The normalized spacial score (nSPS) is 17.1. The lowest BCUT2D eigenvalue weighted by molar-refractivity contribution is 0.503. The van der Waals surface area contributed by atoms with Crippen LogP contribution in [0.5, 0.6) is 0 Å². The fraction of sp³-hybridized carbons (Fsp3) is 0.458. The Hall–Kier alpha value is -2.87. The van der Waals surface area contributed by atoms with Crippen LogP contribution in [0.1, 0.15) is 54.5 Å². The van der Waals surface area contributed by atoms with E-state index in [1.165, 1.54) is 40.7 Å². The molecule has 164 valence electrons. The number of hydrogen-bond acceptors (Lipinski definition) is 7. The summed E-state index contributed by atoms with van der Waals surface area (Å²) >= 11 is 1.85. The van der Waals surface area contributed by atoms with Crippen molar-refractivity contribution in [2.75, 3.05) is 18.0 Å². The van der Waals surface area contributed by atoms with Crippen molar-refractivity contribution in [2.45, 2.75) is 57.9 Å². The van der Waals surface area contributed by atoms with E-state index in [0.717, 1.165) is 55.2 Å². The molecule has 1 aliphatic carbocycles. The second-order valence-electron chi connectivity index (χ2n) is 8.74. The predicted octanol–water partition coefficient (Wildman–Crippen LogP) is 4.63. The number of anilines is 1. The molecule has 1 fully saturated rings. The molecule has 0 spiro atoms. The monoisotopic (exact) mass is 445 g/mol. The Bertz CT molecular complexity index is 1240. The summed E-state index contributed by atoms with van der Waals surface area (Å²) in [7, 11) is 0. The van der Waals surface area contributed by atoms with Gasteiger partial charge in [-0.05, 0) is 62.5 Å². The first-order valence-electron chi connectivity index (χ1n) is 11.7. The number of hydrogen-bond donors (Lipinski definition) is 0. The topological polar surface area (TPSA) is 72.6 Å². The molecule has 0 radical (unpaired) electrons. The number of aryl methyl sites for hydroxylation is 3. The van der Waals surface area contributed by atoms with Gasteiger partial charge >= 0.3 is 0 Å². The highest BCUT2D eigenvalue weighted by atomic mass is 32.1. The van der Waals surface area contributed by atoms with Crippen LogP contribution in [-0.2, 0) is 19.4 Å². The van der Waals surface area contributed by atoms with Gasteiger partial charge in [-0.1, -0.05) is 0 Å². The lowest BCUT2D eigenvalue weighted by atomic mass is 9.91. The first-order valence-corrected chi connectivity index (χ1v) is 12.5. The van der Waals surface area contributed by atoms with E-state index in [1.807, 2.05) is 22.2 Å². The lowest BCUT2D eigenvalue weighted by Crippen LogP contribution is -2.33. The maximum absolute atomic E-state index is 5.09. The van der Waals surface area contributed by atoms with Gasteiger partial charge in [0.05, 0.1) is 17.8 Å². The predicted molar refractivity (Wildman–Crippen MR) is 127 cm³/mol. The molecule has 4 aromatic heterocycles. The second-order valence-corrected chi connectivity index (χ2v) is 9.83. The van der Waals surface area contributed by atoms with E-state index in [2.05, 4.69) is 33.1 Å². The largest absolute Gasteiger partial charge is 0.356 e. The second kappa shape index (κ2) is 8.24. The maximum atomic E-state index is 5.09. The van der Waals surface area contributed by atoms with Crippen molar-refractivity contribution in [3.05, 3.63) is 47.0 Å². The summed E-state index contributed by atoms with van der Waals surface area (Å²) in [6.45, 7) is 5.05. The molecule has 2 aliphatic rings. The molecule has 7 nitrogen and oxygen atoms in total. The number of aromatic nitrogens is 6. The van der Waals surface area contributed by atoms with Gasteiger partial charge in [0.15, 0.2) is 5.82 Å². The molecule has 0 aromatic carbocycles. The average Bonchev–Trinajstić information content (AvgIpc) is 3.49. The molecule has 6 rings (SSSR count). The van der Waals surface area contributed by atoms with Gasteiger partial charge in [-0.25, -0.2) is 15.0 Å². The van der Waals surface area contributed by atoms with Crippen LogP contribution in [0, 0.1) is 0 Å². The Kier molecular flexibility index (Phi) is 5.09. The Morgan fingerprint density at radius 3 is 2.72 bits per heavy atom. The van der Waals surface area contributed by atoms with Gasteiger partial charge < -0.3 is 4.90 Å². The highest BCUT2D eigenvalue weighted by Crippen LogP contribution is 2.42. The van der Waals surface area contributed by atoms with Gasteiger partial charge in [-0.3, -0.25) is 9.67 Å². The third kappa shape index (κ3) is 3.46. The Balaban J connectivity index is 1.37. The summed E-state index contributed by atoms with van der Waals surface area (Å²) in [5.74, 6) is 2.35. The molecule has 0 N–H and O–H groups in total. The Labute approximate surface area is 191 Å². The zero-order valence-corrected chi connectivity index (χ0v) is 19.2. The minimum Gasteiger partial charge on any atom is -0.356 e. The SMILES string of the molecule is CCn1cc(C2CCN(c3nc(-c4cnccn4)nc4sc5c(c34)CCCC5)CC2)cn1. The summed E-state index contributed by atoms with van der Waals surface area (Å²) in [6.07, 6.45) is 16.5. The van der Waals surface area contributed by atoms with Crippen LogP contribution in [0.4, 0.5) is 5.82 Å². The van der Waals surface area contributed by atoms with Crippen LogP contribution >= 0.6 is 11.3 Å². The van der Waals surface area contributed by atoms with Crippen molar-refractivity contribution >= 4 is 27.4 Å². The lowest BCUT2D eigenvalue weighted by Gasteiger charge is -2.33. The number of rotatable bonds is 4. The fourth-order valence-corrected chi connectivity index (χ4v) is 6.34. The van der Waals surface area contributed by atoms with Crippen molar-refractivity contribution < 1.29 is 0 Å². The molecule has 32 heavy (non-hydrogen) atoms. The molecule has 1 saturated heterocycles. The van der Waals surface area contributed by atoms with Crippen LogP contribution in [-0.4, -0.2) is 42.8 Å². The number of nitrogens with zero attached hydrogens (tertiary/aromatic N) is 7. The molecule has 0 unspecified atom stereocenters. The van der Waals surface area contributed by atoms with Crippen molar-refractivity contribution in [1.29, 1.82) is 0 Å². The summed E-state index contributed by atoms with van der Waals surface area (Å²) in [4.78, 5) is 23.8. The van der Waals surface area contributed by atoms with E-state index < -0.39 is 0 Å².